The van der Waals surface area contributed by atoms with Crippen molar-refractivity contribution in [3.8, 4) is 0 Å². The van der Waals surface area contributed by atoms with Crippen molar-refractivity contribution in [2.45, 2.75) is 64.5 Å². The van der Waals surface area contributed by atoms with Gasteiger partial charge in [0.2, 0.25) is 0 Å². The summed E-state index contributed by atoms with van der Waals surface area (Å²) in [6.45, 7) is 9.44. The number of ether oxygens (including phenoxy) is 1. The molecule has 0 spiro atoms. The van der Waals surface area contributed by atoms with Crippen molar-refractivity contribution in [3.63, 3.8) is 0 Å². The summed E-state index contributed by atoms with van der Waals surface area (Å²) in [4.78, 5) is 7.04. The van der Waals surface area contributed by atoms with Crippen LogP contribution in [-0.4, -0.2) is 62.8 Å². The average Bonchev–Trinajstić information content (AvgIpc) is 3.11. The summed E-state index contributed by atoms with van der Waals surface area (Å²) in [6.07, 6.45) is 7.71. The van der Waals surface area contributed by atoms with Gasteiger partial charge in [0.1, 0.15) is 0 Å². The minimum absolute atomic E-state index is 0.566. The zero-order valence-electron chi connectivity index (χ0n) is 15.3. The Hall–Kier alpha value is -0.810. The Morgan fingerprint density at radius 1 is 1.17 bits per heavy atom. The maximum atomic E-state index is 5.53. The highest BCUT2D eigenvalue weighted by Crippen LogP contribution is 2.20. The molecule has 0 aromatic rings. The molecule has 0 aromatic heterocycles. The first-order valence-corrected chi connectivity index (χ1v) is 9.57. The van der Waals surface area contributed by atoms with E-state index in [0.717, 1.165) is 44.7 Å². The highest BCUT2D eigenvalue weighted by molar-refractivity contribution is 5.80. The van der Waals surface area contributed by atoms with E-state index in [-0.39, 0.29) is 0 Å². The maximum absolute atomic E-state index is 5.53. The Kier molecular flexibility index (Phi) is 8.17. The first-order valence-electron chi connectivity index (χ1n) is 9.57. The molecule has 0 aromatic carbocycles. The van der Waals surface area contributed by atoms with Crippen molar-refractivity contribution >= 4 is 5.96 Å². The second-order valence-electron chi connectivity index (χ2n) is 6.87. The fourth-order valence-electron chi connectivity index (χ4n) is 4.00. The highest BCUT2D eigenvalue weighted by Gasteiger charge is 2.27. The van der Waals surface area contributed by atoms with Gasteiger partial charge in [-0.1, -0.05) is 39.5 Å². The van der Waals surface area contributed by atoms with Crippen molar-refractivity contribution in [2.75, 3.05) is 39.9 Å². The van der Waals surface area contributed by atoms with Gasteiger partial charge in [0, 0.05) is 38.8 Å². The van der Waals surface area contributed by atoms with E-state index in [4.69, 9.17) is 4.74 Å². The molecular formula is C18H36N4O. The number of aliphatic imine (C=N–C) groups is 1. The molecule has 1 aliphatic carbocycles. The Balaban J connectivity index is 1.89. The van der Waals surface area contributed by atoms with E-state index in [1.165, 1.54) is 38.5 Å². The zero-order chi connectivity index (χ0) is 16.5. The van der Waals surface area contributed by atoms with Crippen LogP contribution in [0.15, 0.2) is 4.99 Å². The first-order chi connectivity index (χ1) is 11.3. The topological polar surface area (TPSA) is 48.9 Å². The second-order valence-corrected chi connectivity index (χ2v) is 6.87. The van der Waals surface area contributed by atoms with Crippen LogP contribution in [0.25, 0.3) is 0 Å². The van der Waals surface area contributed by atoms with Gasteiger partial charge in [0.25, 0.3) is 0 Å². The van der Waals surface area contributed by atoms with Gasteiger partial charge in [-0.3, -0.25) is 9.89 Å². The van der Waals surface area contributed by atoms with E-state index in [9.17, 15) is 0 Å². The third kappa shape index (κ3) is 5.64. The molecule has 2 rings (SSSR count). The normalized spacial score (nSPS) is 22.5. The highest BCUT2D eigenvalue weighted by atomic mass is 16.5. The van der Waals surface area contributed by atoms with Gasteiger partial charge in [-0.15, -0.1) is 0 Å². The Labute approximate surface area is 142 Å². The third-order valence-electron chi connectivity index (χ3n) is 5.51. The van der Waals surface area contributed by atoms with Crippen LogP contribution >= 0.6 is 0 Å². The molecule has 23 heavy (non-hydrogen) atoms. The minimum atomic E-state index is 0.566. The molecule has 1 unspecified atom stereocenters. The number of hydrogen-bond donors (Lipinski definition) is 2. The molecule has 1 atom stereocenters. The second kappa shape index (κ2) is 10.1. The summed E-state index contributed by atoms with van der Waals surface area (Å²) in [7, 11) is 1.88. The maximum Gasteiger partial charge on any atom is 0.191 e. The lowest BCUT2D eigenvalue weighted by Crippen LogP contribution is -2.54. The monoisotopic (exact) mass is 324 g/mol. The quantitative estimate of drug-likeness (QED) is 0.557. The van der Waals surface area contributed by atoms with Crippen molar-refractivity contribution < 1.29 is 4.74 Å². The van der Waals surface area contributed by atoms with Crippen LogP contribution in [0.3, 0.4) is 0 Å². The molecule has 0 bridgehead atoms. The van der Waals surface area contributed by atoms with Gasteiger partial charge in [0.15, 0.2) is 5.96 Å². The van der Waals surface area contributed by atoms with E-state index in [0.29, 0.717) is 12.1 Å². The van der Waals surface area contributed by atoms with E-state index in [2.05, 4.69) is 34.4 Å². The van der Waals surface area contributed by atoms with Crippen molar-refractivity contribution in [1.29, 1.82) is 0 Å². The van der Waals surface area contributed by atoms with Gasteiger partial charge < -0.3 is 15.4 Å². The van der Waals surface area contributed by atoms with E-state index >= 15 is 0 Å². The number of guanidine groups is 1. The number of hydrogen-bond acceptors (Lipinski definition) is 3. The molecule has 1 aliphatic heterocycles. The third-order valence-corrected chi connectivity index (χ3v) is 5.51. The Morgan fingerprint density at radius 3 is 2.39 bits per heavy atom. The van der Waals surface area contributed by atoms with E-state index in [1.807, 2.05) is 7.05 Å². The molecule has 134 valence electrons. The molecule has 2 aliphatic rings. The molecule has 2 N–H and O–H groups in total. The first kappa shape index (κ1) is 18.5. The van der Waals surface area contributed by atoms with Crippen LogP contribution in [0.4, 0.5) is 0 Å². The van der Waals surface area contributed by atoms with Crippen LogP contribution in [-0.2, 0) is 4.74 Å². The Bertz CT molecular complexity index is 345. The van der Waals surface area contributed by atoms with Gasteiger partial charge >= 0.3 is 0 Å². The fourth-order valence-corrected chi connectivity index (χ4v) is 4.00. The van der Waals surface area contributed by atoms with Gasteiger partial charge in [0.05, 0.1) is 13.2 Å². The fraction of sp³-hybridized carbons (Fsp3) is 0.944. The lowest BCUT2D eigenvalue weighted by molar-refractivity contribution is 0.00271. The molecule has 0 amide bonds. The summed E-state index contributed by atoms with van der Waals surface area (Å²) in [6, 6.07) is 1.17. The minimum Gasteiger partial charge on any atom is -0.379 e. The number of morpholine rings is 1. The molecule has 0 radical (unpaired) electrons. The van der Waals surface area contributed by atoms with Crippen LogP contribution < -0.4 is 10.6 Å². The van der Waals surface area contributed by atoms with Crippen LogP contribution in [0.1, 0.15) is 52.4 Å². The summed E-state index contributed by atoms with van der Waals surface area (Å²) >= 11 is 0. The smallest absolute Gasteiger partial charge is 0.191 e. The predicted octanol–water partition coefficient (Wildman–Crippen LogP) is 2.23. The van der Waals surface area contributed by atoms with Crippen LogP contribution in [0.5, 0.6) is 0 Å². The number of rotatable bonds is 7. The largest absolute Gasteiger partial charge is 0.379 e. The summed E-state index contributed by atoms with van der Waals surface area (Å²) in [5.74, 6) is 1.70. The summed E-state index contributed by atoms with van der Waals surface area (Å²) in [5, 5.41) is 7.19. The lowest BCUT2D eigenvalue weighted by Gasteiger charge is -2.39. The summed E-state index contributed by atoms with van der Waals surface area (Å²) < 4.78 is 5.53. The van der Waals surface area contributed by atoms with Gasteiger partial charge in [-0.2, -0.15) is 0 Å². The van der Waals surface area contributed by atoms with Crippen molar-refractivity contribution in [3.05, 3.63) is 0 Å². The summed E-state index contributed by atoms with van der Waals surface area (Å²) in [5.41, 5.74) is 0. The van der Waals surface area contributed by atoms with Gasteiger partial charge in [-0.05, 0) is 18.8 Å². The predicted molar refractivity (Wildman–Crippen MR) is 97.0 cm³/mol. The SMILES string of the molecule is CCC(CC)C(CNC(=NC)NC1CCCC1)N1CCOCC1. The standard InChI is InChI=1S/C18H36N4O/c1-4-15(5-2)17(22-10-12-23-13-11-22)14-20-18(19-3)21-16-8-6-7-9-16/h15-17H,4-14H2,1-3H3,(H2,19,20,21). The zero-order valence-corrected chi connectivity index (χ0v) is 15.3. The van der Waals surface area contributed by atoms with Crippen molar-refractivity contribution in [2.24, 2.45) is 10.9 Å². The molecule has 1 heterocycles. The Morgan fingerprint density at radius 2 is 1.83 bits per heavy atom. The number of nitrogens with zero attached hydrogens (tertiary/aromatic N) is 2. The lowest BCUT2D eigenvalue weighted by atomic mass is 9.92. The van der Waals surface area contributed by atoms with Crippen LogP contribution in [0.2, 0.25) is 0 Å². The van der Waals surface area contributed by atoms with Gasteiger partial charge in [-0.25, -0.2) is 0 Å². The molecule has 1 saturated heterocycles. The molecular weight excluding hydrogens is 288 g/mol. The molecule has 5 nitrogen and oxygen atoms in total. The molecule has 2 fully saturated rings. The van der Waals surface area contributed by atoms with E-state index in [1.54, 1.807) is 0 Å². The number of nitrogens with one attached hydrogen (secondary N) is 2. The average molecular weight is 325 g/mol. The molecule has 1 saturated carbocycles. The van der Waals surface area contributed by atoms with E-state index < -0.39 is 0 Å². The molecule has 5 heteroatoms. The van der Waals surface area contributed by atoms with Crippen molar-refractivity contribution in [1.82, 2.24) is 15.5 Å². The van der Waals surface area contributed by atoms with Crippen LogP contribution in [0, 0.1) is 5.92 Å².